The van der Waals surface area contributed by atoms with Crippen LogP contribution in [0.2, 0.25) is 0 Å². The Labute approximate surface area is 132 Å². The van der Waals surface area contributed by atoms with Gasteiger partial charge in [-0.05, 0) is 43.9 Å². The fourth-order valence-corrected chi connectivity index (χ4v) is 3.43. The van der Waals surface area contributed by atoms with Gasteiger partial charge in [-0.25, -0.2) is 0 Å². The first-order valence-electron chi connectivity index (χ1n) is 7.75. The number of carbonyl (C=O) groups is 2. The summed E-state index contributed by atoms with van der Waals surface area (Å²) in [5.41, 5.74) is 2.29. The third kappa shape index (κ3) is 3.88. The van der Waals surface area contributed by atoms with Crippen molar-refractivity contribution in [1.82, 2.24) is 0 Å². The second kappa shape index (κ2) is 6.82. The summed E-state index contributed by atoms with van der Waals surface area (Å²) in [5, 5.41) is 26.8. The smallest absolute Gasteiger partial charge is 0.308 e. The van der Waals surface area contributed by atoms with Crippen molar-refractivity contribution in [2.75, 3.05) is 6.61 Å². The second-order valence-electron chi connectivity index (χ2n) is 7.60. The average molecular weight is 312 g/mol. The van der Waals surface area contributed by atoms with Crippen molar-refractivity contribution < 1.29 is 24.9 Å². The molecule has 2 bridgehead atoms. The quantitative estimate of drug-likeness (QED) is 0.682. The number of fused-ring (bicyclic) bond motifs is 2. The van der Waals surface area contributed by atoms with E-state index < -0.39 is 23.8 Å². The normalized spacial score (nSPS) is 30.6. The number of hydrogen-bond donors (Lipinski definition) is 3. The Balaban J connectivity index is 0.000000346. The first kappa shape index (κ1) is 18.7. The summed E-state index contributed by atoms with van der Waals surface area (Å²) in [7, 11) is 0. The first-order valence-corrected chi connectivity index (χ1v) is 7.75. The van der Waals surface area contributed by atoms with E-state index in [0.717, 1.165) is 24.0 Å². The van der Waals surface area contributed by atoms with Crippen LogP contribution in [0, 0.1) is 29.1 Å². The molecule has 4 unspecified atom stereocenters. The van der Waals surface area contributed by atoms with E-state index in [-0.39, 0.29) is 23.9 Å². The molecule has 3 N–H and O–H groups in total. The van der Waals surface area contributed by atoms with Crippen molar-refractivity contribution in [1.29, 1.82) is 0 Å². The van der Waals surface area contributed by atoms with Gasteiger partial charge in [0.15, 0.2) is 0 Å². The van der Waals surface area contributed by atoms with Gasteiger partial charge in [0.2, 0.25) is 0 Å². The van der Waals surface area contributed by atoms with Crippen molar-refractivity contribution in [3.05, 3.63) is 11.1 Å². The summed E-state index contributed by atoms with van der Waals surface area (Å²) in [6.07, 6.45) is 1.63. The summed E-state index contributed by atoms with van der Waals surface area (Å²) in [6.45, 7) is 10.1. The van der Waals surface area contributed by atoms with Gasteiger partial charge in [-0.3, -0.25) is 9.59 Å². The molecule has 0 heterocycles. The van der Waals surface area contributed by atoms with E-state index in [2.05, 4.69) is 0 Å². The highest BCUT2D eigenvalue weighted by molar-refractivity contribution is 5.82. The molecule has 0 amide bonds. The number of allylic oxidation sites excluding steroid dienone is 2. The fourth-order valence-electron chi connectivity index (χ4n) is 3.43. The van der Waals surface area contributed by atoms with Gasteiger partial charge in [-0.1, -0.05) is 31.9 Å². The van der Waals surface area contributed by atoms with E-state index in [0.29, 0.717) is 0 Å². The van der Waals surface area contributed by atoms with Crippen LogP contribution in [0.4, 0.5) is 0 Å². The number of carboxylic acid groups (broad SMARTS) is 2. The molecule has 4 atom stereocenters. The van der Waals surface area contributed by atoms with Gasteiger partial charge in [0.05, 0.1) is 11.8 Å². The van der Waals surface area contributed by atoms with Crippen LogP contribution in [0.5, 0.6) is 0 Å². The van der Waals surface area contributed by atoms with Crippen LogP contribution in [0.3, 0.4) is 0 Å². The highest BCUT2D eigenvalue weighted by Gasteiger charge is 2.52. The predicted octanol–water partition coefficient (Wildman–Crippen LogP) is 2.79. The fraction of sp³-hybridized carbons (Fsp3) is 0.765. The number of aliphatic carboxylic acids is 2. The van der Waals surface area contributed by atoms with Crippen molar-refractivity contribution >= 4 is 11.9 Å². The maximum atomic E-state index is 11.2. The Morgan fingerprint density at radius 2 is 1.23 bits per heavy atom. The Hall–Kier alpha value is -1.36. The molecule has 3 aliphatic carbocycles. The third-order valence-corrected chi connectivity index (χ3v) is 4.82. The first-order chi connectivity index (χ1) is 10.0. The summed E-state index contributed by atoms with van der Waals surface area (Å²) in [5.74, 6) is -3.56. The Morgan fingerprint density at radius 3 is 1.41 bits per heavy atom. The van der Waals surface area contributed by atoms with Crippen molar-refractivity contribution in [3.8, 4) is 0 Å². The zero-order chi connectivity index (χ0) is 17.2. The lowest BCUT2D eigenvalue weighted by Gasteiger charge is -2.46. The molecule has 0 aromatic heterocycles. The molecule has 0 spiro atoms. The molecule has 126 valence electrons. The molecule has 22 heavy (non-hydrogen) atoms. The standard InChI is InChI=1S/C12H16O4.C5H12O/c1-5-6(2)8-4-3-7(5)9(11(13)14)10(8)12(15)16;1-5(2,3)4-6/h7-10H,3-4H2,1-2H3,(H,13,14)(H,15,16);6H,4H2,1-3H3. The average Bonchev–Trinajstić information content (AvgIpc) is 2.42. The monoisotopic (exact) mass is 312 g/mol. The maximum Gasteiger partial charge on any atom is 0.308 e. The van der Waals surface area contributed by atoms with E-state index in [1.807, 2.05) is 34.6 Å². The number of hydrogen-bond acceptors (Lipinski definition) is 3. The van der Waals surface area contributed by atoms with Crippen LogP contribution in [0.1, 0.15) is 47.5 Å². The van der Waals surface area contributed by atoms with Crippen LogP contribution in [-0.2, 0) is 9.59 Å². The molecule has 0 saturated heterocycles. The minimum atomic E-state index is -0.964. The second-order valence-corrected chi connectivity index (χ2v) is 7.60. The lowest BCUT2D eigenvalue weighted by Crippen LogP contribution is -2.48. The van der Waals surface area contributed by atoms with E-state index in [1.165, 1.54) is 0 Å². The molecule has 0 aromatic rings. The van der Waals surface area contributed by atoms with Crippen LogP contribution in [0.25, 0.3) is 0 Å². The zero-order valence-electron chi connectivity index (χ0n) is 14.1. The van der Waals surface area contributed by atoms with Gasteiger partial charge < -0.3 is 15.3 Å². The highest BCUT2D eigenvalue weighted by atomic mass is 16.4. The highest BCUT2D eigenvalue weighted by Crippen LogP contribution is 2.51. The summed E-state index contributed by atoms with van der Waals surface area (Å²) >= 11 is 0. The molecule has 0 aromatic carbocycles. The topological polar surface area (TPSA) is 94.8 Å². The maximum absolute atomic E-state index is 11.2. The number of rotatable bonds is 2. The molecule has 5 nitrogen and oxygen atoms in total. The van der Waals surface area contributed by atoms with Crippen molar-refractivity contribution in [2.24, 2.45) is 29.1 Å². The molecular weight excluding hydrogens is 284 g/mol. The molecule has 0 aliphatic heterocycles. The van der Waals surface area contributed by atoms with Crippen molar-refractivity contribution in [3.63, 3.8) is 0 Å². The van der Waals surface area contributed by atoms with E-state index >= 15 is 0 Å². The SMILES string of the molecule is CC(C)(C)CO.CC1=C(C)C2CCC1C(C(=O)O)C2C(=O)O. The molecule has 5 heteroatoms. The molecule has 1 saturated carbocycles. The van der Waals surface area contributed by atoms with Gasteiger partial charge >= 0.3 is 11.9 Å². The van der Waals surface area contributed by atoms with Crippen molar-refractivity contribution in [2.45, 2.75) is 47.5 Å². The third-order valence-electron chi connectivity index (χ3n) is 4.82. The Morgan fingerprint density at radius 1 is 0.955 bits per heavy atom. The largest absolute Gasteiger partial charge is 0.481 e. The van der Waals surface area contributed by atoms with Crippen LogP contribution < -0.4 is 0 Å². The van der Waals surface area contributed by atoms with Gasteiger partial charge in [0, 0.05) is 6.61 Å². The zero-order valence-corrected chi connectivity index (χ0v) is 14.1. The van der Waals surface area contributed by atoms with E-state index in [4.69, 9.17) is 5.11 Å². The van der Waals surface area contributed by atoms with Crippen LogP contribution in [-0.4, -0.2) is 33.9 Å². The predicted molar refractivity (Wildman–Crippen MR) is 83.4 cm³/mol. The summed E-state index contributed by atoms with van der Waals surface area (Å²) in [4.78, 5) is 22.5. The minimum absolute atomic E-state index is 0.0800. The van der Waals surface area contributed by atoms with E-state index in [9.17, 15) is 19.8 Å². The van der Waals surface area contributed by atoms with Gasteiger partial charge in [-0.2, -0.15) is 0 Å². The van der Waals surface area contributed by atoms with Crippen LogP contribution in [0.15, 0.2) is 11.1 Å². The molecule has 3 aliphatic rings. The molecule has 3 rings (SSSR count). The van der Waals surface area contributed by atoms with E-state index in [1.54, 1.807) is 0 Å². The van der Waals surface area contributed by atoms with Crippen LogP contribution >= 0.6 is 0 Å². The molecule has 0 radical (unpaired) electrons. The van der Waals surface area contributed by atoms with Gasteiger partial charge in [0.1, 0.15) is 0 Å². The lowest BCUT2D eigenvalue weighted by atomic mass is 9.57. The summed E-state index contributed by atoms with van der Waals surface area (Å²) < 4.78 is 0. The van der Waals surface area contributed by atoms with Gasteiger partial charge in [-0.15, -0.1) is 0 Å². The lowest BCUT2D eigenvalue weighted by molar-refractivity contribution is -0.161. The molecular formula is C17H28O5. The number of carboxylic acids is 2. The minimum Gasteiger partial charge on any atom is -0.481 e. The number of aliphatic hydroxyl groups is 1. The molecule has 1 fully saturated rings. The Kier molecular flexibility index (Phi) is 5.79. The number of aliphatic hydroxyl groups excluding tert-OH is 1. The Bertz CT molecular complexity index is 436. The van der Waals surface area contributed by atoms with Gasteiger partial charge in [0.25, 0.3) is 0 Å². The summed E-state index contributed by atoms with van der Waals surface area (Å²) in [6, 6.07) is 0.